The Hall–Kier alpha value is -2.77. The lowest BCUT2D eigenvalue weighted by atomic mass is 9.96. The second kappa shape index (κ2) is 6.27. The van der Waals surface area contributed by atoms with E-state index in [0.29, 0.717) is 29.3 Å². The summed E-state index contributed by atoms with van der Waals surface area (Å²) in [6.07, 6.45) is 1.89. The van der Waals surface area contributed by atoms with Crippen LogP contribution >= 0.6 is 0 Å². The molecule has 0 radical (unpaired) electrons. The first-order valence-corrected chi connectivity index (χ1v) is 8.55. The summed E-state index contributed by atoms with van der Waals surface area (Å²) in [7, 11) is 0. The molecule has 8 heteroatoms. The van der Waals surface area contributed by atoms with Crippen LogP contribution in [0.4, 0.5) is 0 Å². The minimum absolute atomic E-state index is 0.00202. The number of H-pyrrole nitrogens is 1. The van der Waals surface area contributed by atoms with Crippen molar-refractivity contribution in [3.8, 4) is 0 Å². The highest BCUT2D eigenvalue weighted by molar-refractivity contribution is 5.97. The number of aromatic amines is 1. The molecular formula is C17H20N6O2. The van der Waals surface area contributed by atoms with Gasteiger partial charge >= 0.3 is 0 Å². The molecule has 1 aromatic carbocycles. The van der Waals surface area contributed by atoms with Crippen molar-refractivity contribution in [1.82, 2.24) is 30.5 Å². The number of nitrogens with zero attached hydrogens (tertiary/aromatic N) is 5. The number of amides is 1. The number of benzene rings is 1. The van der Waals surface area contributed by atoms with Crippen molar-refractivity contribution in [2.75, 3.05) is 13.1 Å². The maximum absolute atomic E-state index is 12.9. The van der Waals surface area contributed by atoms with Crippen LogP contribution in [0.25, 0.3) is 11.0 Å². The van der Waals surface area contributed by atoms with E-state index in [4.69, 9.17) is 4.52 Å². The van der Waals surface area contributed by atoms with E-state index < -0.39 is 0 Å². The summed E-state index contributed by atoms with van der Waals surface area (Å²) >= 11 is 0. The van der Waals surface area contributed by atoms with Gasteiger partial charge in [0, 0.05) is 30.5 Å². The normalized spacial score (nSPS) is 18.2. The number of hydrogen-bond donors (Lipinski definition) is 1. The third-order valence-corrected chi connectivity index (χ3v) is 4.59. The van der Waals surface area contributed by atoms with Gasteiger partial charge in [0.1, 0.15) is 11.0 Å². The van der Waals surface area contributed by atoms with Crippen molar-refractivity contribution >= 4 is 16.9 Å². The molecule has 4 rings (SSSR count). The number of fused-ring (bicyclic) bond motifs is 1. The zero-order valence-electron chi connectivity index (χ0n) is 14.3. The minimum atomic E-state index is 0.00202. The molecule has 0 unspecified atom stereocenters. The van der Waals surface area contributed by atoms with E-state index in [1.54, 1.807) is 12.1 Å². The zero-order chi connectivity index (χ0) is 17.4. The fraction of sp³-hybridized carbons (Fsp3) is 0.471. The first kappa shape index (κ1) is 15.7. The largest absolute Gasteiger partial charge is 0.339 e. The molecule has 1 aliphatic heterocycles. The number of hydrogen-bond acceptors (Lipinski definition) is 6. The van der Waals surface area contributed by atoms with E-state index in [-0.39, 0.29) is 17.7 Å². The van der Waals surface area contributed by atoms with E-state index in [2.05, 4.69) is 25.6 Å². The van der Waals surface area contributed by atoms with Crippen molar-refractivity contribution in [3.05, 3.63) is 35.5 Å². The van der Waals surface area contributed by atoms with Crippen molar-refractivity contribution in [2.45, 2.75) is 38.5 Å². The molecule has 0 spiro atoms. The van der Waals surface area contributed by atoms with Gasteiger partial charge in [-0.25, -0.2) is 0 Å². The van der Waals surface area contributed by atoms with Crippen LogP contribution in [-0.4, -0.2) is 49.4 Å². The molecule has 1 aliphatic rings. The van der Waals surface area contributed by atoms with Crippen molar-refractivity contribution < 1.29 is 9.32 Å². The molecule has 130 valence electrons. The monoisotopic (exact) mass is 340 g/mol. The second-order valence-electron chi connectivity index (χ2n) is 6.76. The smallest absolute Gasteiger partial charge is 0.253 e. The quantitative estimate of drug-likeness (QED) is 0.786. The third kappa shape index (κ3) is 2.99. The molecule has 0 bridgehead atoms. The lowest BCUT2D eigenvalue weighted by Gasteiger charge is -2.31. The highest BCUT2D eigenvalue weighted by Crippen LogP contribution is 2.27. The van der Waals surface area contributed by atoms with Gasteiger partial charge in [0.05, 0.1) is 0 Å². The summed E-state index contributed by atoms with van der Waals surface area (Å²) < 4.78 is 5.32. The number of piperidine rings is 1. The lowest BCUT2D eigenvalue weighted by molar-refractivity contribution is 0.0703. The fourth-order valence-corrected chi connectivity index (χ4v) is 3.18. The van der Waals surface area contributed by atoms with Crippen LogP contribution in [0.2, 0.25) is 0 Å². The Morgan fingerprint density at radius 3 is 2.96 bits per heavy atom. The lowest BCUT2D eigenvalue weighted by Crippen LogP contribution is -2.39. The van der Waals surface area contributed by atoms with E-state index in [1.165, 1.54) is 0 Å². The van der Waals surface area contributed by atoms with E-state index in [1.807, 2.05) is 24.8 Å². The predicted molar refractivity (Wildman–Crippen MR) is 90.2 cm³/mol. The van der Waals surface area contributed by atoms with Gasteiger partial charge < -0.3 is 9.42 Å². The van der Waals surface area contributed by atoms with Crippen LogP contribution in [0.15, 0.2) is 22.7 Å². The molecule has 2 aromatic heterocycles. The first-order chi connectivity index (χ1) is 12.1. The Balaban J connectivity index is 1.52. The highest BCUT2D eigenvalue weighted by Gasteiger charge is 2.29. The van der Waals surface area contributed by atoms with Crippen molar-refractivity contribution in [3.63, 3.8) is 0 Å². The second-order valence-corrected chi connectivity index (χ2v) is 6.76. The predicted octanol–water partition coefficient (Wildman–Crippen LogP) is 2.48. The molecule has 0 aliphatic carbocycles. The molecule has 1 atom stereocenters. The average molecular weight is 340 g/mol. The van der Waals surface area contributed by atoms with Crippen LogP contribution in [0, 0.1) is 0 Å². The number of rotatable bonds is 3. The molecule has 3 aromatic rings. The fourth-order valence-electron chi connectivity index (χ4n) is 3.18. The van der Waals surface area contributed by atoms with Gasteiger partial charge in [-0.15, -0.1) is 0 Å². The van der Waals surface area contributed by atoms with Gasteiger partial charge in [-0.05, 0) is 31.0 Å². The topological polar surface area (TPSA) is 101 Å². The van der Waals surface area contributed by atoms with Gasteiger partial charge in [-0.3, -0.25) is 4.79 Å². The summed E-state index contributed by atoms with van der Waals surface area (Å²) in [6, 6.07) is 5.37. The number of nitrogens with one attached hydrogen (secondary N) is 1. The molecule has 1 fully saturated rings. The van der Waals surface area contributed by atoms with E-state index >= 15 is 0 Å². The van der Waals surface area contributed by atoms with Crippen LogP contribution in [0.1, 0.15) is 60.6 Å². The molecule has 1 saturated heterocycles. The summed E-state index contributed by atoms with van der Waals surface area (Å²) in [5.74, 6) is 1.67. The first-order valence-electron chi connectivity index (χ1n) is 8.55. The Morgan fingerprint density at radius 2 is 2.16 bits per heavy atom. The SMILES string of the molecule is CC(C)c1nc([C@@H]2CCCN(C(=O)c3ccc4n[nH]nc4c3)C2)no1. The standard InChI is InChI=1S/C17H20N6O2/c1-10(2)16-18-15(21-25-16)12-4-3-7-23(9-12)17(24)11-5-6-13-14(8-11)20-22-19-13/h5-6,8,10,12H,3-4,7,9H2,1-2H3,(H,19,20,22)/t12-/m1/s1. The van der Waals surface area contributed by atoms with E-state index in [0.717, 1.165) is 24.9 Å². The molecular weight excluding hydrogens is 320 g/mol. The van der Waals surface area contributed by atoms with Gasteiger partial charge in [0.2, 0.25) is 5.89 Å². The zero-order valence-corrected chi connectivity index (χ0v) is 14.3. The number of likely N-dealkylation sites (tertiary alicyclic amines) is 1. The minimum Gasteiger partial charge on any atom is -0.339 e. The number of aromatic nitrogens is 5. The maximum atomic E-state index is 12.9. The van der Waals surface area contributed by atoms with Crippen molar-refractivity contribution in [2.24, 2.45) is 0 Å². The van der Waals surface area contributed by atoms with Gasteiger partial charge in [-0.1, -0.05) is 19.0 Å². The van der Waals surface area contributed by atoms with Gasteiger partial charge in [-0.2, -0.15) is 20.4 Å². The van der Waals surface area contributed by atoms with Gasteiger partial charge in [0.15, 0.2) is 5.82 Å². The number of carbonyl (C=O) groups excluding carboxylic acids is 1. The molecule has 1 N–H and O–H groups in total. The molecule has 3 heterocycles. The van der Waals surface area contributed by atoms with E-state index in [9.17, 15) is 4.79 Å². The van der Waals surface area contributed by atoms with Crippen LogP contribution in [0.3, 0.4) is 0 Å². The number of carbonyl (C=O) groups is 1. The molecule has 25 heavy (non-hydrogen) atoms. The van der Waals surface area contributed by atoms with Crippen LogP contribution in [-0.2, 0) is 0 Å². The van der Waals surface area contributed by atoms with Crippen molar-refractivity contribution in [1.29, 1.82) is 0 Å². The summed E-state index contributed by atoms with van der Waals surface area (Å²) in [5, 5.41) is 14.7. The maximum Gasteiger partial charge on any atom is 0.253 e. The molecule has 0 saturated carbocycles. The Bertz CT molecular complexity index is 899. The highest BCUT2D eigenvalue weighted by atomic mass is 16.5. The van der Waals surface area contributed by atoms with Crippen LogP contribution in [0.5, 0.6) is 0 Å². The van der Waals surface area contributed by atoms with Crippen LogP contribution < -0.4 is 0 Å². The Kier molecular flexibility index (Phi) is 3.95. The molecule has 8 nitrogen and oxygen atoms in total. The Labute approximate surface area is 144 Å². The third-order valence-electron chi connectivity index (χ3n) is 4.59. The average Bonchev–Trinajstić information content (AvgIpc) is 3.30. The summed E-state index contributed by atoms with van der Waals surface area (Å²) in [6.45, 7) is 5.38. The molecule has 1 amide bonds. The van der Waals surface area contributed by atoms with Gasteiger partial charge in [0.25, 0.3) is 5.91 Å². The Morgan fingerprint density at radius 1 is 1.32 bits per heavy atom. The summed E-state index contributed by atoms with van der Waals surface area (Å²) in [5.41, 5.74) is 2.07. The summed E-state index contributed by atoms with van der Waals surface area (Å²) in [4.78, 5) is 19.2.